The molecule has 0 N–H and O–H groups in total. The van der Waals surface area contributed by atoms with Gasteiger partial charge < -0.3 is 0 Å². The Morgan fingerprint density at radius 1 is 1.36 bits per heavy atom. The predicted octanol–water partition coefficient (Wildman–Crippen LogP) is 1.31. The zero-order chi connectivity index (χ0) is 16.3. The summed E-state index contributed by atoms with van der Waals surface area (Å²) >= 11 is 1.30. The number of aliphatic imine (C=N–C) groups is 1. The molecule has 0 bridgehead atoms. The van der Waals surface area contributed by atoms with Gasteiger partial charge in [-0.15, -0.1) is 0 Å². The van der Waals surface area contributed by atoms with Gasteiger partial charge in [-0.05, 0) is 5.56 Å². The fraction of sp³-hybridized carbons (Fsp3) is 0.417. The van der Waals surface area contributed by atoms with Gasteiger partial charge in [0.15, 0.2) is 5.17 Å². The van der Waals surface area contributed by atoms with Crippen LogP contribution < -0.4 is 0 Å². The highest BCUT2D eigenvalue weighted by atomic mass is 32.2. The Morgan fingerprint density at radius 2 is 2.00 bits per heavy atom. The number of nitrogens with zero attached hydrogens (tertiary/aromatic N) is 4. The van der Waals surface area contributed by atoms with E-state index in [9.17, 15) is 18.5 Å². The van der Waals surface area contributed by atoms with Gasteiger partial charge in [-0.2, -0.15) is 12.7 Å². The molecule has 0 aromatic heterocycles. The monoisotopic (exact) mass is 344 g/mol. The van der Waals surface area contributed by atoms with E-state index in [0.717, 1.165) is 9.87 Å². The van der Waals surface area contributed by atoms with Crippen LogP contribution in [0.2, 0.25) is 0 Å². The van der Waals surface area contributed by atoms with Crippen LogP contribution in [-0.2, 0) is 16.0 Å². The van der Waals surface area contributed by atoms with Gasteiger partial charge in [0.25, 0.3) is 5.69 Å². The number of hydrogen-bond acceptors (Lipinski definition) is 6. The third-order valence-corrected chi connectivity index (χ3v) is 6.05. The molecule has 0 atom stereocenters. The molecule has 10 heteroatoms. The largest absolute Gasteiger partial charge is 0.305 e. The normalized spacial score (nSPS) is 15.2. The van der Waals surface area contributed by atoms with E-state index in [4.69, 9.17) is 0 Å². The molecule has 1 heterocycles. The Bertz CT molecular complexity index is 686. The van der Waals surface area contributed by atoms with Crippen molar-refractivity contribution in [3.63, 3.8) is 0 Å². The molecule has 0 saturated carbocycles. The molecular formula is C12H16N4O4S2. The third-order valence-electron chi connectivity index (χ3n) is 3.02. The van der Waals surface area contributed by atoms with E-state index in [1.807, 2.05) is 0 Å². The first-order chi connectivity index (χ1) is 10.3. The summed E-state index contributed by atoms with van der Waals surface area (Å²) in [5.41, 5.74) is 0.899. The van der Waals surface area contributed by atoms with Crippen molar-refractivity contribution < 1.29 is 13.3 Å². The van der Waals surface area contributed by atoms with Crippen molar-refractivity contribution >= 4 is 32.8 Å². The Hall–Kier alpha value is -1.65. The fourth-order valence-electron chi connectivity index (χ4n) is 1.80. The minimum absolute atomic E-state index is 0.0313. The van der Waals surface area contributed by atoms with Crippen molar-refractivity contribution in [2.24, 2.45) is 4.99 Å². The first kappa shape index (κ1) is 16.7. The fourth-order valence-corrected chi connectivity index (χ4v) is 4.11. The summed E-state index contributed by atoms with van der Waals surface area (Å²) in [7, 11) is -0.566. The van der Waals surface area contributed by atoms with Gasteiger partial charge in [0.05, 0.1) is 18.0 Å². The average Bonchev–Trinajstić information content (AvgIpc) is 2.94. The summed E-state index contributed by atoms with van der Waals surface area (Å²) in [4.78, 5) is 14.4. The first-order valence-electron chi connectivity index (χ1n) is 6.43. The molecule has 0 spiro atoms. The molecule has 0 aliphatic carbocycles. The molecule has 1 aromatic rings. The van der Waals surface area contributed by atoms with Crippen molar-refractivity contribution in [2.45, 2.75) is 5.75 Å². The number of benzene rings is 1. The average molecular weight is 344 g/mol. The summed E-state index contributed by atoms with van der Waals surface area (Å²) in [5, 5.41) is 11.1. The third kappa shape index (κ3) is 3.57. The zero-order valence-electron chi connectivity index (χ0n) is 12.2. The van der Waals surface area contributed by atoms with Crippen molar-refractivity contribution in [1.82, 2.24) is 8.61 Å². The summed E-state index contributed by atoms with van der Waals surface area (Å²) in [6.07, 6.45) is 0. The highest BCUT2D eigenvalue weighted by molar-refractivity contribution is 8.14. The lowest BCUT2D eigenvalue weighted by Crippen LogP contribution is -2.41. The lowest BCUT2D eigenvalue weighted by molar-refractivity contribution is -0.384. The summed E-state index contributed by atoms with van der Waals surface area (Å²) in [6.45, 7) is 0.777. The van der Waals surface area contributed by atoms with Gasteiger partial charge in [-0.1, -0.05) is 23.9 Å². The molecule has 0 amide bonds. The van der Waals surface area contributed by atoms with E-state index in [0.29, 0.717) is 24.0 Å². The van der Waals surface area contributed by atoms with Crippen LogP contribution in [0.15, 0.2) is 29.3 Å². The number of thioether (sulfide) groups is 1. The van der Waals surface area contributed by atoms with Crippen molar-refractivity contribution in [3.8, 4) is 0 Å². The minimum Gasteiger partial charge on any atom is -0.260 e. The van der Waals surface area contributed by atoms with Gasteiger partial charge in [0.2, 0.25) is 0 Å². The second-order valence-electron chi connectivity index (χ2n) is 4.74. The van der Waals surface area contributed by atoms with Crippen LogP contribution in [0.1, 0.15) is 5.56 Å². The highest BCUT2D eigenvalue weighted by Crippen LogP contribution is 2.23. The van der Waals surface area contributed by atoms with Gasteiger partial charge >= 0.3 is 10.2 Å². The van der Waals surface area contributed by atoms with Gasteiger partial charge in [-0.25, -0.2) is 4.31 Å². The van der Waals surface area contributed by atoms with E-state index < -0.39 is 15.1 Å². The Labute approximate surface area is 133 Å². The minimum atomic E-state index is -3.52. The Morgan fingerprint density at radius 3 is 2.55 bits per heavy atom. The van der Waals surface area contributed by atoms with Gasteiger partial charge in [0, 0.05) is 32.0 Å². The van der Waals surface area contributed by atoms with E-state index in [1.54, 1.807) is 12.1 Å². The van der Waals surface area contributed by atoms with Crippen LogP contribution in [0.5, 0.6) is 0 Å². The van der Waals surface area contributed by atoms with E-state index in [-0.39, 0.29) is 5.69 Å². The molecule has 0 unspecified atom stereocenters. The smallest absolute Gasteiger partial charge is 0.260 e. The molecule has 0 saturated heterocycles. The number of non-ortho nitro benzene ring substituents is 1. The van der Waals surface area contributed by atoms with E-state index >= 15 is 0 Å². The summed E-state index contributed by atoms with van der Waals surface area (Å²) in [6, 6.07) is 6.18. The maximum absolute atomic E-state index is 12.2. The standard InChI is InChI=1S/C12H16N4O4S2/c1-14(2)22(19,20)15-8-7-13-12(15)21-9-10-3-5-11(6-4-10)16(17)18/h3-6H,7-9H2,1-2H3. The molecule has 0 radical (unpaired) electrons. The number of nitro groups is 1. The van der Waals surface area contributed by atoms with E-state index in [1.165, 1.54) is 42.3 Å². The second kappa shape index (κ2) is 6.63. The molecule has 1 aromatic carbocycles. The van der Waals surface area contributed by atoms with Gasteiger partial charge in [-0.3, -0.25) is 15.1 Å². The predicted molar refractivity (Wildman–Crippen MR) is 86.0 cm³/mol. The van der Waals surface area contributed by atoms with Crippen LogP contribution >= 0.6 is 11.8 Å². The lowest BCUT2D eigenvalue weighted by Gasteiger charge is -2.23. The molecule has 0 fully saturated rings. The van der Waals surface area contributed by atoms with Crippen LogP contribution in [0.3, 0.4) is 0 Å². The summed E-state index contributed by atoms with van der Waals surface area (Å²) in [5.74, 6) is 0.496. The molecule has 22 heavy (non-hydrogen) atoms. The van der Waals surface area contributed by atoms with Crippen molar-refractivity contribution in [3.05, 3.63) is 39.9 Å². The molecule has 1 aliphatic heterocycles. The van der Waals surface area contributed by atoms with Crippen molar-refractivity contribution in [2.75, 3.05) is 27.2 Å². The number of nitro benzene ring substituents is 1. The maximum Gasteiger partial charge on any atom is 0.305 e. The summed E-state index contributed by atoms with van der Waals surface area (Å²) < 4.78 is 26.7. The molecule has 120 valence electrons. The van der Waals surface area contributed by atoms with Crippen molar-refractivity contribution in [1.29, 1.82) is 0 Å². The highest BCUT2D eigenvalue weighted by Gasteiger charge is 2.30. The number of rotatable bonds is 5. The SMILES string of the molecule is CN(C)S(=O)(=O)N1CCN=C1SCc1ccc([N+](=O)[O-])cc1. The Balaban J connectivity index is 2.03. The van der Waals surface area contributed by atoms with Crippen LogP contribution in [0, 0.1) is 10.1 Å². The topological polar surface area (TPSA) is 96.1 Å². The Kier molecular flexibility index (Phi) is 5.04. The number of hydrogen-bond donors (Lipinski definition) is 0. The molecule has 2 rings (SSSR count). The molecular weight excluding hydrogens is 328 g/mol. The molecule has 1 aliphatic rings. The first-order valence-corrected chi connectivity index (χ1v) is 8.81. The molecule has 8 nitrogen and oxygen atoms in total. The number of amidine groups is 1. The van der Waals surface area contributed by atoms with Crippen LogP contribution in [0.4, 0.5) is 5.69 Å². The van der Waals surface area contributed by atoms with Crippen LogP contribution in [0.25, 0.3) is 0 Å². The van der Waals surface area contributed by atoms with E-state index in [2.05, 4.69) is 4.99 Å². The quantitative estimate of drug-likeness (QED) is 0.592. The lowest BCUT2D eigenvalue weighted by atomic mass is 10.2. The zero-order valence-corrected chi connectivity index (χ0v) is 13.8. The second-order valence-corrected chi connectivity index (χ2v) is 7.75. The maximum atomic E-state index is 12.2. The van der Waals surface area contributed by atoms with Crippen LogP contribution in [-0.4, -0.2) is 54.3 Å². The van der Waals surface area contributed by atoms with Gasteiger partial charge in [0.1, 0.15) is 0 Å².